The monoisotopic (exact) mass is 277 g/mol. The number of hydrogen-bond acceptors (Lipinski definition) is 3. The van der Waals surface area contributed by atoms with Gasteiger partial charge in [0.2, 0.25) is 10.0 Å². The molecule has 1 fully saturated rings. The van der Waals surface area contributed by atoms with Crippen LogP contribution >= 0.6 is 0 Å². The lowest BCUT2D eigenvalue weighted by Crippen LogP contribution is -2.62. The first kappa shape index (κ1) is 13.4. The molecule has 1 N–H and O–H groups in total. The summed E-state index contributed by atoms with van der Waals surface area (Å²) in [5, 5.41) is 9.75. The van der Waals surface area contributed by atoms with Crippen LogP contribution in [-0.2, 0) is 10.0 Å². The van der Waals surface area contributed by atoms with Gasteiger partial charge >= 0.3 is 0 Å². The first-order chi connectivity index (χ1) is 8.28. The molecule has 1 aliphatic rings. The number of hydrogen-bond donors (Lipinski definition) is 1. The Balaban J connectivity index is 2.31. The number of nitrogens with zero attached hydrogens (tertiary/aromatic N) is 1. The summed E-state index contributed by atoms with van der Waals surface area (Å²) in [6, 6.07) is 2.27. The highest BCUT2D eigenvalue weighted by molar-refractivity contribution is 7.89. The molecular weight excluding hydrogens is 264 g/mol. The molecule has 0 aromatic heterocycles. The quantitative estimate of drug-likeness (QED) is 0.900. The molecule has 18 heavy (non-hydrogen) atoms. The summed E-state index contributed by atoms with van der Waals surface area (Å²) < 4.78 is 51.3. The number of aliphatic hydroxyl groups is 1. The predicted molar refractivity (Wildman–Crippen MR) is 60.4 cm³/mol. The molecule has 1 aromatic rings. The van der Waals surface area contributed by atoms with Crippen LogP contribution in [-0.4, -0.2) is 36.5 Å². The van der Waals surface area contributed by atoms with E-state index in [9.17, 15) is 22.3 Å². The summed E-state index contributed by atoms with van der Waals surface area (Å²) in [6.45, 7) is 1.54. The third kappa shape index (κ3) is 2.13. The first-order valence-corrected chi connectivity index (χ1v) is 6.90. The largest absolute Gasteiger partial charge is 0.387 e. The SMILES string of the molecule is CCC1(O)CN(S(=O)(=O)c2cc(F)ccc2F)C1. The molecule has 0 spiro atoms. The Morgan fingerprint density at radius 1 is 1.39 bits per heavy atom. The lowest BCUT2D eigenvalue weighted by atomic mass is 9.94. The lowest BCUT2D eigenvalue weighted by molar-refractivity contribution is -0.0614. The molecule has 0 amide bonds. The van der Waals surface area contributed by atoms with Crippen molar-refractivity contribution in [2.75, 3.05) is 13.1 Å². The van der Waals surface area contributed by atoms with E-state index in [2.05, 4.69) is 0 Å². The molecule has 7 heteroatoms. The molecule has 100 valence electrons. The molecule has 2 rings (SSSR count). The second-order valence-electron chi connectivity index (χ2n) is 4.43. The zero-order valence-corrected chi connectivity index (χ0v) is 10.5. The number of β-amino-alcohol motifs (C(OH)–C–C–N with tert-alkyl or cyclic N) is 1. The van der Waals surface area contributed by atoms with Gasteiger partial charge in [0, 0.05) is 13.1 Å². The van der Waals surface area contributed by atoms with Crippen LogP contribution in [0.3, 0.4) is 0 Å². The van der Waals surface area contributed by atoms with Crippen molar-refractivity contribution in [1.29, 1.82) is 0 Å². The van der Waals surface area contributed by atoms with Crippen LogP contribution in [0.5, 0.6) is 0 Å². The lowest BCUT2D eigenvalue weighted by Gasteiger charge is -2.44. The fraction of sp³-hybridized carbons (Fsp3) is 0.455. The van der Waals surface area contributed by atoms with E-state index < -0.39 is 32.2 Å². The van der Waals surface area contributed by atoms with Crippen LogP contribution in [0.2, 0.25) is 0 Å². The minimum atomic E-state index is -4.08. The van der Waals surface area contributed by atoms with Crippen LogP contribution in [0.15, 0.2) is 23.1 Å². The topological polar surface area (TPSA) is 57.6 Å². The number of halogens is 2. The Morgan fingerprint density at radius 2 is 2.00 bits per heavy atom. The predicted octanol–water partition coefficient (Wildman–Crippen LogP) is 1.11. The molecule has 0 atom stereocenters. The van der Waals surface area contributed by atoms with Crippen molar-refractivity contribution in [3.8, 4) is 0 Å². The van der Waals surface area contributed by atoms with Gasteiger partial charge in [0.25, 0.3) is 0 Å². The van der Waals surface area contributed by atoms with Gasteiger partial charge in [0.15, 0.2) is 0 Å². The fourth-order valence-corrected chi connectivity index (χ4v) is 3.49. The summed E-state index contributed by atoms with van der Waals surface area (Å²) in [5.74, 6) is -1.82. The molecule has 4 nitrogen and oxygen atoms in total. The molecule has 1 aromatic carbocycles. The zero-order valence-electron chi connectivity index (χ0n) is 9.73. The second-order valence-corrected chi connectivity index (χ2v) is 6.33. The van der Waals surface area contributed by atoms with E-state index >= 15 is 0 Å². The molecular formula is C11H13F2NO3S. The minimum absolute atomic E-state index is 0.0954. The highest BCUT2D eigenvalue weighted by atomic mass is 32.2. The van der Waals surface area contributed by atoms with Crippen LogP contribution < -0.4 is 0 Å². The molecule has 0 unspecified atom stereocenters. The summed E-state index contributed by atoms with van der Waals surface area (Å²) in [4.78, 5) is -0.694. The van der Waals surface area contributed by atoms with Crippen LogP contribution in [0, 0.1) is 11.6 Å². The Bertz CT molecular complexity index is 568. The van der Waals surface area contributed by atoms with Gasteiger partial charge in [-0.15, -0.1) is 0 Å². The number of benzene rings is 1. The molecule has 0 aliphatic carbocycles. The Labute approximate surface area is 104 Å². The standard InChI is InChI=1S/C11H13F2NO3S/c1-2-11(15)6-14(7-11)18(16,17)10-5-8(12)3-4-9(10)13/h3-5,15H,2,6-7H2,1H3. The van der Waals surface area contributed by atoms with E-state index in [0.29, 0.717) is 12.5 Å². The summed E-state index contributed by atoms with van der Waals surface area (Å²) >= 11 is 0. The average Bonchev–Trinajstić information content (AvgIpc) is 2.28. The van der Waals surface area contributed by atoms with Gasteiger partial charge < -0.3 is 5.11 Å². The van der Waals surface area contributed by atoms with E-state index in [0.717, 1.165) is 16.4 Å². The summed E-state index contributed by atoms with van der Waals surface area (Å²) in [6.07, 6.45) is 0.407. The Kier molecular flexibility index (Phi) is 3.16. The maximum absolute atomic E-state index is 13.4. The molecule has 1 heterocycles. The highest BCUT2D eigenvalue weighted by Gasteiger charge is 2.46. The molecule has 1 saturated heterocycles. The minimum Gasteiger partial charge on any atom is -0.387 e. The summed E-state index contributed by atoms with van der Waals surface area (Å²) in [5.41, 5.74) is -1.06. The molecule has 1 aliphatic heterocycles. The Morgan fingerprint density at radius 3 is 2.56 bits per heavy atom. The van der Waals surface area contributed by atoms with Crippen molar-refractivity contribution in [1.82, 2.24) is 4.31 Å². The van der Waals surface area contributed by atoms with E-state index in [1.54, 1.807) is 6.92 Å². The van der Waals surface area contributed by atoms with E-state index in [1.165, 1.54) is 0 Å². The third-order valence-electron chi connectivity index (χ3n) is 3.11. The van der Waals surface area contributed by atoms with Crippen molar-refractivity contribution in [3.63, 3.8) is 0 Å². The van der Waals surface area contributed by atoms with Gasteiger partial charge in [-0.1, -0.05) is 6.92 Å². The van der Waals surface area contributed by atoms with Gasteiger partial charge in [-0.25, -0.2) is 17.2 Å². The van der Waals surface area contributed by atoms with Crippen LogP contribution in [0.1, 0.15) is 13.3 Å². The van der Waals surface area contributed by atoms with E-state index in [1.807, 2.05) is 0 Å². The van der Waals surface area contributed by atoms with E-state index in [4.69, 9.17) is 0 Å². The molecule has 0 bridgehead atoms. The molecule has 0 saturated carbocycles. The average molecular weight is 277 g/mol. The number of sulfonamides is 1. The normalized spacial score (nSPS) is 19.6. The van der Waals surface area contributed by atoms with E-state index in [-0.39, 0.29) is 13.1 Å². The van der Waals surface area contributed by atoms with Gasteiger partial charge in [0.05, 0.1) is 5.60 Å². The zero-order chi connectivity index (χ0) is 13.6. The maximum Gasteiger partial charge on any atom is 0.246 e. The number of rotatable bonds is 3. The van der Waals surface area contributed by atoms with Crippen molar-refractivity contribution < 1.29 is 22.3 Å². The highest BCUT2D eigenvalue weighted by Crippen LogP contribution is 2.31. The van der Waals surface area contributed by atoms with Gasteiger partial charge in [-0.3, -0.25) is 0 Å². The van der Waals surface area contributed by atoms with Crippen molar-refractivity contribution in [3.05, 3.63) is 29.8 Å². The van der Waals surface area contributed by atoms with Crippen molar-refractivity contribution in [2.45, 2.75) is 23.8 Å². The second kappa shape index (κ2) is 4.25. The maximum atomic E-state index is 13.4. The fourth-order valence-electron chi connectivity index (χ4n) is 1.82. The van der Waals surface area contributed by atoms with Crippen molar-refractivity contribution >= 4 is 10.0 Å². The van der Waals surface area contributed by atoms with Crippen LogP contribution in [0.25, 0.3) is 0 Å². The van der Waals surface area contributed by atoms with Crippen molar-refractivity contribution in [2.24, 2.45) is 0 Å². The van der Waals surface area contributed by atoms with Gasteiger partial charge in [0.1, 0.15) is 16.5 Å². The molecule has 0 radical (unpaired) electrons. The van der Waals surface area contributed by atoms with Gasteiger partial charge in [-0.2, -0.15) is 4.31 Å². The third-order valence-corrected chi connectivity index (χ3v) is 4.92. The Hall–Kier alpha value is -1.05. The van der Waals surface area contributed by atoms with Crippen LogP contribution in [0.4, 0.5) is 8.78 Å². The smallest absolute Gasteiger partial charge is 0.246 e. The van der Waals surface area contributed by atoms with Gasteiger partial charge in [-0.05, 0) is 24.6 Å². The summed E-state index contributed by atoms with van der Waals surface area (Å²) in [7, 11) is -4.08. The first-order valence-electron chi connectivity index (χ1n) is 5.46.